The van der Waals surface area contributed by atoms with Crippen LogP contribution in [0.1, 0.15) is 5.56 Å². The van der Waals surface area contributed by atoms with Crippen molar-refractivity contribution in [3.8, 4) is 5.75 Å². The third-order valence-corrected chi connectivity index (χ3v) is 2.15. The van der Waals surface area contributed by atoms with Crippen LogP contribution >= 0.6 is 15.9 Å². The molecule has 0 bridgehead atoms. The third kappa shape index (κ3) is 1.72. The number of hydrogen-bond acceptors (Lipinski definition) is 1. The van der Waals surface area contributed by atoms with Gasteiger partial charge in [-0.3, -0.25) is 0 Å². The summed E-state index contributed by atoms with van der Waals surface area (Å²) in [5.41, 5.74) is 0.199. The molecular weight excluding hydrogens is 242 g/mol. The zero-order valence-electron chi connectivity index (χ0n) is 6.90. The number of halogens is 3. The summed E-state index contributed by atoms with van der Waals surface area (Å²) in [5.74, 6) is -1.88. The van der Waals surface area contributed by atoms with E-state index in [1.807, 2.05) is 0 Å². The van der Waals surface area contributed by atoms with Crippen LogP contribution in [0.2, 0.25) is 0 Å². The minimum Gasteiger partial charge on any atom is -0.491 e. The van der Waals surface area contributed by atoms with E-state index in [-0.39, 0.29) is 10.0 Å². The lowest BCUT2D eigenvalue weighted by Crippen LogP contribution is -1.96. The quantitative estimate of drug-likeness (QED) is 0.730. The molecule has 0 aliphatic heterocycles. The largest absolute Gasteiger partial charge is 0.491 e. The molecule has 0 aliphatic rings. The molecule has 0 spiro atoms. The summed E-state index contributed by atoms with van der Waals surface area (Å²) >= 11 is 2.94. The number of benzene rings is 1. The van der Waals surface area contributed by atoms with Crippen molar-refractivity contribution < 1.29 is 13.5 Å². The summed E-state index contributed by atoms with van der Waals surface area (Å²) in [6, 6.07) is 1.31. The van der Waals surface area contributed by atoms with Gasteiger partial charge in [0.1, 0.15) is 0 Å². The molecule has 0 aromatic heterocycles. The zero-order valence-corrected chi connectivity index (χ0v) is 8.49. The highest BCUT2D eigenvalue weighted by Gasteiger charge is 2.16. The Morgan fingerprint density at radius 1 is 1.46 bits per heavy atom. The van der Waals surface area contributed by atoms with E-state index >= 15 is 0 Å². The van der Waals surface area contributed by atoms with E-state index < -0.39 is 17.4 Å². The Morgan fingerprint density at radius 3 is 2.54 bits per heavy atom. The van der Waals surface area contributed by atoms with Gasteiger partial charge in [-0.25, -0.2) is 8.78 Å². The van der Waals surface area contributed by atoms with Gasteiger partial charge < -0.3 is 4.74 Å². The van der Waals surface area contributed by atoms with Gasteiger partial charge in [-0.2, -0.15) is 0 Å². The predicted molar refractivity (Wildman–Crippen MR) is 50.7 cm³/mol. The first-order valence-electron chi connectivity index (χ1n) is 3.45. The van der Waals surface area contributed by atoms with E-state index in [4.69, 9.17) is 0 Å². The Hall–Kier alpha value is -0.900. The van der Waals surface area contributed by atoms with Gasteiger partial charge in [-0.15, -0.1) is 0 Å². The van der Waals surface area contributed by atoms with Crippen LogP contribution in [0.25, 0.3) is 6.08 Å². The highest BCUT2D eigenvalue weighted by Crippen LogP contribution is 2.31. The third-order valence-electron chi connectivity index (χ3n) is 1.57. The van der Waals surface area contributed by atoms with Gasteiger partial charge in [0, 0.05) is 5.56 Å². The minimum atomic E-state index is -0.745. The molecule has 0 aliphatic carbocycles. The molecular formula is C9H7BrF2O. The van der Waals surface area contributed by atoms with Gasteiger partial charge in [-0.1, -0.05) is 12.7 Å². The summed E-state index contributed by atoms with van der Waals surface area (Å²) in [6.45, 7) is 3.40. The second-order valence-corrected chi connectivity index (χ2v) is 3.17. The Bertz CT molecular complexity index is 350. The second kappa shape index (κ2) is 3.87. The monoisotopic (exact) mass is 248 g/mol. The molecule has 1 aromatic carbocycles. The Labute approximate surface area is 83.1 Å². The summed E-state index contributed by atoms with van der Waals surface area (Å²) in [5, 5.41) is 0. The molecule has 0 saturated carbocycles. The number of hydrogen-bond donors (Lipinski definition) is 0. The van der Waals surface area contributed by atoms with E-state index in [1.54, 1.807) is 0 Å². The molecule has 0 N–H and O–H groups in total. The molecule has 13 heavy (non-hydrogen) atoms. The fourth-order valence-corrected chi connectivity index (χ4v) is 1.35. The van der Waals surface area contributed by atoms with Crippen molar-refractivity contribution in [3.63, 3.8) is 0 Å². The molecule has 1 nitrogen and oxygen atoms in total. The van der Waals surface area contributed by atoms with Crippen LogP contribution in [0.15, 0.2) is 17.1 Å². The molecule has 0 radical (unpaired) electrons. The van der Waals surface area contributed by atoms with Gasteiger partial charge in [0.15, 0.2) is 17.4 Å². The maximum atomic E-state index is 13.3. The summed E-state index contributed by atoms with van der Waals surface area (Å²) in [4.78, 5) is 0. The van der Waals surface area contributed by atoms with E-state index in [1.165, 1.54) is 19.3 Å². The molecule has 0 amide bonds. The van der Waals surface area contributed by atoms with Crippen LogP contribution in [0.3, 0.4) is 0 Å². The van der Waals surface area contributed by atoms with Gasteiger partial charge in [0.05, 0.1) is 11.6 Å². The van der Waals surface area contributed by atoms with Gasteiger partial charge in [0.2, 0.25) is 0 Å². The Balaban J connectivity index is 3.47. The number of ether oxygens (including phenoxy) is 1. The summed E-state index contributed by atoms with van der Waals surface area (Å²) in [7, 11) is 1.21. The van der Waals surface area contributed by atoms with Crippen molar-refractivity contribution >= 4 is 22.0 Å². The van der Waals surface area contributed by atoms with Crippen LogP contribution < -0.4 is 4.74 Å². The maximum absolute atomic E-state index is 13.3. The minimum absolute atomic E-state index is 0.153. The fourth-order valence-electron chi connectivity index (χ4n) is 0.927. The SMILES string of the molecule is C=Cc1cc(Br)c(F)c(OC)c1F. The van der Waals surface area contributed by atoms with Crippen LogP contribution in [0.4, 0.5) is 8.78 Å². The average Bonchev–Trinajstić information content (AvgIpc) is 2.12. The van der Waals surface area contributed by atoms with E-state index in [2.05, 4.69) is 27.2 Å². The Morgan fingerprint density at radius 2 is 2.08 bits per heavy atom. The van der Waals surface area contributed by atoms with Crippen molar-refractivity contribution in [1.29, 1.82) is 0 Å². The number of methoxy groups -OCH3 is 1. The molecule has 0 fully saturated rings. The lowest BCUT2D eigenvalue weighted by Gasteiger charge is -2.07. The van der Waals surface area contributed by atoms with Gasteiger partial charge >= 0.3 is 0 Å². The topological polar surface area (TPSA) is 9.23 Å². The van der Waals surface area contributed by atoms with E-state index in [9.17, 15) is 8.78 Å². The van der Waals surface area contributed by atoms with Crippen LogP contribution in [0.5, 0.6) is 5.75 Å². The van der Waals surface area contributed by atoms with Crippen LogP contribution in [-0.2, 0) is 0 Å². The molecule has 70 valence electrons. The second-order valence-electron chi connectivity index (χ2n) is 2.31. The highest BCUT2D eigenvalue weighted by molar-refractivity contribution is 9.10. The molecule has 1 rings (SSSR count). The lowest BCUT2D eigenvalue weighted by molar-refractivity contribution is 0.358. The normalized spacial score (nSPS) is 9.85. The Kier molecular flexibility index (Phi) is 3.03. The highest BCUT2D eigenvalue weighted by atomic mass is 79.9. The van der Waals surface area contributed by atoms with E-state index in [0.29, 0.717) is 0 Å². The smallest absolute Gasteiger partial charge is 0.192 e. The van der Waals surface area contributed by atoms with Crippen molar-refractivity contribution in [1.82, 2.24) is 0 Å². The van der Waals surface area contributed by atoms with Crippen LogP contribution in [-0.4, -0.2) is 7.11 Å². The van der Waals surface area contributed by atoms with E-state index in [0.717, 1.165) is 0 Å². The standard InChI is InChI=1S/C9H7BrF2O/c1-3-5-4-6(10)8(12)9(13-2)7(5)11/h3-4H,1H2,2H3. The maximum Gasteiger partial charge on any atom is 0.192 e. The first kappa shape index (κ1) is 10.2. The fraction of sp³-hybridized carbons (Fsp3) is 0.111. The molecule has 4 heteroatoms. The molecule has 0 unspecified atom stereocenters. The molecule has 0 atom stereocenters. The lowest BCUT2D eigenvalue weighted by atomic mass is 10.2. The van der Waals surface area contributed by atoms with Gasteiger partial charge in [-0.05, 0) is 22.0 Å². The van der Waals surface area contributed by atoms with Crippen molar-refractivity contribution in [3.05, 3.63) is 34.3 Å². The van der Waals surface area contributed by atoms with Crippen LogP contribution in [0, 0.1) is 11.6 Å². The first-order valence-corrected chi connectivity index (χ1v) is 4.25. The van der Waals surface area contributed by atoms with Crippen molar-refractivity contribution in [2.75, 3.05) is 7.11 Å². The zero-order chi connectivity index (χ0) is 10.0. The first-order chi connectivity index (χ1) is 6.11. The molecule has 0 heterocycles. The molecule has 1 aromatic rings. The summed E-state index contributed by atoms with van der Waals surface area (Å²) < 4.78 is 31.1. The molecule has 0 saturated heterocycles. The predicted octanol–water partition coefficient (Wildman–Crippen LogP) is 3.38. The van der Waals surface area contributed by atoms with Crippen molar-refractivity contribution in [2.24, 2.45) is 0 Å². The van der Waals surface area contributed by atoms with Crippen molar-refractivity contribution in [2.45, 2.75) is 0 Å². The van der Waals surface area contributed by atoms with Gasteiger partial charge in [0.25, 0.3) is 0 Å². The average molecular weight is 249 g/mol. The summed E-state index contributed by atoms with van der Waals surface area (Å²) in [6.07, 6.45) is 1.29. The number of rotatable bonds is 2.